The number of methoxy groups -OCH3 is 1. The van der Waals surface area contributed by atoms with Gasteiger partial charge in [-0.15, -0.1) is 0 Å². The predicted octanol–water partition coefficient (Wildman–Crippen LogP) is 5.76. The molecule has 1 atom stereocenters. The van der Waals surface area contributed by atoms with Crippen LogP contribution in [0.15, 0.2) is 48.8 Å². The summed E-state index contributed by atoms with van der Waals surface area (Å²) < 4.78 is 41.3. The Morgan fingerprint density at radius 3 is 2.51 bits per heavy atom. The summed E-state index contributed by atoms with van der Waals surface area (Å²) in [6, 6.07) is 9.80. The van der Waals surface area contributed by atoms with Crippen molar-refractivity contribution >= 4 is 23.7 Å². The number of anilines is 2. The Bertz CT molecular complexity index is 1450. The molecule has 11 nitrogen and oxygen atoms in total. The number of aromatic nitrogens is 3. The lowest BCUT2D eigenvalue weighted by Gasteiger charge is -2.37. The average molecular weight is 628 g/mol. The van der Waals surface area contributed by atoms with Gasteiger partial charge in [0.15, 0.2) is 0 Å². The highest BCUT2D eigenvalue weighted by Crippen LogP contribution is 2.41. The molecule has 242 valence electrons. The number of aliphatic hydroxyl groups is 1. The van der Waals surface area contributed by atoms with Crippen LogP contribution in [0.1, 0.15) is 55.9 Å². The van der Waals surface area contributed by atoms with E-state index in [9.17, 15) is 23.5 Å². The first kappa shape index (κ1) is 33.7. The van der Waals surface area contributed by atoms with Crippen molar-refractivity contribution in [3.63, 3.8) is 0 Å². The number of amides is 1. The Balaban J connectivity index is 1.33. The van der Waals surface area contributed by atoms with Crippen molar-refractivity contribution in [2.75, 3.05) is 39.4 Å². The van der Waals surface area contributed by atoms with Crippen LogP contribution in [-0.4, -0.2) is 71.1 Å². The number of nitrogens with one attached hydrogen (secondary N) is 1. The number of likely N-dealkylation sites (N-methyl/N-ethyl adjacent to an activating group) is 1. The molecule has 0 unspecified atom stereocenters. The van der Waals surface area contributed by atoms with Crippen LogP contribution in [0.4, 0.5) is 25.2 Å². The molecular formula is C32H39F2N5O6. The fourth-order valence-corrected chi connectivity index (χ4v) is 5.29. The Morgan fingerprint density at radius 1 is 1.09 bits per heavy atom. The lowest BCUT2D eigenvalue weighted by molar-refractivity contribution is -0.159. The highest BCUT2D eigenvalue weighted by atomic mass is 19.3. The fourth-order valence-electron chi connectivity index (χ4n) is 5.29. The molecule has 45 heavy (non-hydrogen) atoms. The van der Waals surface area contributed by atoms with Crippen LogP contribution in [0.3, 0.4) is 0 Å². The van der Waals surface area contributed by atoms with E-state index in [1.165, 1.54) is 30.3 Å². The minimum absolute atomic E-state index is 0.128. The number of rotatable bonds is 12. The normalized spacial score (nSPS) is 17.8. The zero-order valence-electron chi connectivity index (χ0n) is 25.8. The SMILES string of the molecule is COCCN(C)C(=O)OCOC(=O)C1CCC([C@@](C)(O)c2ccc(-c3cc(C)cc(Nc4cc(C(F)F)ccn4)n3)cn2)CC1. The molecule has 1 amide bonds. The molecule has 1 aliphatic carbocycles. The van der Waals surface area contributed by atoms with Crippen molar-refractivity contribution in [3.8, 4) is 11.3 Å². The van der Waals surface area contributed by atoms with Crippen LogP contribution in [0.2, 0.25) is 0 Å². The summed E-state index contributed by atoms with van der Waals surface area (Å²) in [4.78, 5) is 39.1. The Labute approximate surface area is 261 Å². The first-order chi connectivity index (χ1) is 21.5. The second-order valence-corrected chi connectivity index (χ2v) is 11.3. The zero-order valence-corrected chi connectivity index (χ0v) is 25.8. The number of carbonyl (C=O) groups is 2. The van der Waals surface area contributed by atoms with E-state index in [2.05, 4.69) is 20.3 Å². The number of alkyl halides is 2. The maximum absolute atomic E-state index is 13.1. The highest BCUT2D eigenvalue weighted by molar-refractivity contribution is 5.73. The number of esters is 1. The third-order valence-corrected chi connectivity index (χ3v) is 8.02. The molecule has 1 fully saturated rings. The van der Waals surface area contributed by atoms with Gasteiger partial charge in [-0.25, -0.2) is 23.5 Å². The minimum Gasteiger partial charge on any atom is -0.428 e. The zero-order chi connectivity index (χ0) is 32.6. The summed E-state index contributed by atoms with van der Waals surface area (Å²) in [5.41, 5.74) is 1.36. The second kappa shape index (κ2) is 15.2. The minimum atomic E-state index is -2.61. The lowest BCUT2D eigenvalue weighted by atomic mass is 9.73. The van der Waals surface area contributed by atoms with Gasteiger partial charge in [0.2, 0.25) is 6.79 Å². The van der Waals surface area contributed by atoms with Crippen LogP contribution < -0.4 is 5.32 Å². The van der Waals surface area contributed by atoms with Crippen LogP contribution in [0.5, 0.6) is 0 Å². The van der Waals surface area contributed by atoms with Crippen molar-refractivity contribution in [3.05, 3.63) is 65.6 Å². The number of hydrogen-bond acceptors (Lipinski definition) is 10. The van der Waals surface area contributed by atoms with Gasteiger partial charge in [-0.2, -0.15) is 0 Å². The standard InChI is InChI=1S/C32H39F2N5O6/c1-20-15-25(37-28(16-20)38-27-17-22(29(33)34)11-12-35-27)23-7-10-26(36-18-23)32(2,42)24-8-5-21(6-9-24)30(40)44-19-45-31(41)39(3)13-14-43-4/h7,10-12,15-18,21,24,29,42H,5-6,8-9,13-14,19H2,1-4H3,(H,35,37,38)/t21?,24?,32-/m1/s1. The maximum atomic E-state index is 13.1. The molecule has 0 saturated heterocycles. The van der Waals surface area contributed by atoms with Crippen molar-refractivity contribution in [2.24, 2.45) is 11.8 Å². The van der Waals surface area contributed by atoms with Crippen LogP contribution in [0.25, 0.3) is 11.3 Å². The number of aryl methyl sites for hydroxylation is 1. The number of carbonyl (C=O) groups excluding carboxylic acids is 2. The Hall–Kier alpha value is -4.23. The molecule has 1 saturated carbocycles. The van der Waals surface area contributed by atoms with Crippen LogP contribution in [-0.2, 0) is 24.6 Å². The molecule has 0 spiro atoms. The van der Waals surface area contributed by atoms with E-state index in [1.807, 2.05) is 19.1 Å². The third kappa shape index (κ3) is 8.92. The average Bonchev–Trinajstić information content (AvgIpc) is 3.03. The quantitative estimate of drug-likeness (QED) is 0.189. The highest BCUT2D eigenvalue weighted by Gasteiger charge is 2.39. The van der Waals surface area contributed by atoms with Crippen molar-refractivity contribution < 1.29 is 37.7 Å². The summed E-state index contributed by atoms with van der Waals surface area (Å²) in [5, 5.41) is 14.5. The van der Waals surface area contributed by atoms with E-state index in [4.69, 9.17) is 14.2 Å². The first-order valence-corrected chi connectivity index (χ1v) is 14.7. The molecular weight excluding hydrogens is 588 g/mol. The second-order valence-electron chi connectivity index (χ2n) is 11.3. The molecule has 3 heterocycles. The van der Waals surface area contributed by atoms with Crippen LogP contribution >= 0.6 is 0 Å². The molecule has 0 aliphatic heterocycles. The first-order valence-electron chi connectivity index (χ1n) is 14.7. The van der Waals surface area contributed by atoms with Crippen molar-refractivity contribution in [1.29, 1.82) is 0 Å². The summed E-state index contributed by atoms with van der Waals surface area (Å²) in [6.45, 7) is 3.88. The smallest absolute Gasteiger partial charge is 0.412 e. The topological polar surface area (TPSA) is 136 Å². The van der Waals surface area contributed by atoms with Gasteiger partial charge in [-0.3, -0.25) is 9.78 Å². The van der Waals surface area contributed by atoms with Gasteiger partial charge in [0.05, 0.1) is 23.9 Å². The largest absolute Gasteiger partial charge is 0.428 e. The molecule has 13 heteroatoms. The van der Waals surface area contributed by atoms with E-state index in [0.29, 0.717) is 61.6 Å². The Morgan fingerprint density at radius 2 is 1.84 bits per heavy atom. The van der Waals surface area contributed by atoms with E-state index >= 15 is 0 Å². The van der Waals surface area contributed by atoms with Gasteiger partial charge in [0, 0.05) is 44.2 Å². The van der Waals surface area contributed by atoms with E-state index in [0.717, 1.165) is 5.56 Å². The molecule has 1 aliphatic rings. The van der Waals surface area contributed by atoms with Gasteiger partial charge in [0.25, 0.3) is 6.43 Å². The number of halogens is 2. The van der Waals surface area contributed by atoms with Gasteiger partial charge in [-0.05, 0) is 87.4 Å². The molecule has 0 aromatic carbocycles. The van der Waals surface area contributed by atoms with Gasteiger partial charge < -0.3 is 29.5 Å². The maximum Gasteiger partial charge on any atom is 0.412 e. The number of ether oxygens (including phenoxy) is 3. The van der Waals surface area contributed by atoms with E-state index in [-0.39, 0.29) is 23.2 Å². The van der Waals surface area contributed by atoms with Crippen molar-refractivity contribution in [1.82, 2.24) is 19.9 Å². The lowest BCUT2D eigenvalue weighted by Crippen LogP contribution is -2.37. The number of pyridine rings is 3. The Kier molecular flexibility index (Phi) is 11.3. The van der Waals surface area contributed by atoms with Crippen molar-refractivity contribution in [2.45, 2.75) is 51.6 Å². The monoisotopic (exact) mass is 627 g/mol. The molecule has 0 bridgehead atoms. The summed E-state index contributed by atoms with van der Waals surface area (Å²) >= 11 is 0. The van der Waals surface area contributed by atoms with Crippen LogP contribution in [0, 0.1) is 18.8 Å². The van der Waals surface area contributed by atoms with E-state index < -0.39 is 30.9 Å². The number of hydrogen-bond donors (Lipinski definition) is 2. The number of nitrogens with zero attached hydrogens (tertiary/aromatic N) is 4. The fraction of sp³-hybridized carbons (Fsp3) is 0.469. The molecule has 4 rings (SSSR count). The van der Waals surface area contributed by atoms with E-state index in [1.54, 1.807) is 32.3 Å². The summed E-state index contributed by atoms with van der Waals surface area (Å²) in [5.74, 6) is -0.200. The molecule has 2 N–H and O–H groups in total. The molecule has 3 aromatic rings. The predicted molar refractivity (Wildman–Crippen MR) is 162 cm³/mol. The summed E-state index contributed by atoms with van der Waals surface area (Å²) in [7, 11) is 3.09. The molecule has 0 radical (unpaired) electrons. The molecule has 3 aromatic heterocycles. The van der Waals surface area contributed by atoms with Gasteiger partial charge >= 0.3 is 12.1 Å². The summed E-state index contributed by atoms with van der Waals surface area (Å²) in [6.07, 6.45) is 1.97. The third-order valence-electron chi connectivity index (χ3n) is 8.02. The van der Waals surface area contributed by atoms with Gasteiger partial charge in [0.1, 0.15) is 17.2 Å². The van der Waals surface area contributed by atoms with Gasteiger partial charge in [-0.1, -0.05) is 0 Å².